The van der Waals surface area contributed by atoms with Crippen LogP contribution in [-0.2, 0) is 27.2 Å². The van der Waals surface area contributed by atoms with Crippen molar-refractivity contribution in [1.82, 2.24) is 4.90 Å². The Morgan fingerprint density at radius 3 is 2.60 bits per heavy atom. The van der Waals surface area contributed by atoms with Crippen molar-refractivity contribution >= 4 is 29.1 Å². The summed E-state index contributed by atoms with van der Waals surface area (Å²) in [6, 6.07) is 15.5. The van der Waals surface area contributed by atoms with Crippen molar-refractivity contribution in [1.29, 1.82) is 0 Å². The Morgan fingerprint density at radius 1 is 1.10 bits per heavy atom. The van der Waals surface area contributed by atoms with Crippen LogP contribution in [0, 0.1) is 5.92 Å². The summed E-state index contributed by atoms with van der Waals surface area (Å²) in [6.07, 6.45) is 1.86. The number of aryl methyl sites for hydroxylation is 2. The first kappa shape index (κ1) is 21.6. The number of benzene rings is 2. The van der Waals surface area contributed by atoms with E-state index in [4.69, 9.17) is 0 Å². The van der Waals surface area contributed by atoms with Crippen LogP contribution in [0.5, 0.6) is 0 Å². The van der Waals surface area contributed by atoms with Crippen LogP contribution in [-0.4, -0.2) is 42.8 Å². The molecule has 158 valence electrons. The number of hydrogen-bond acceptors (Lipinski definition) is 3. The molecule has 1 atom stereocenters. The number of amides is 3. The largest absolute Gasteiger partial charge is 0.336 e. The van der Waals surface area contributed by atoms with Crippen molar-refractivity contribution in [2.24, 2.45) is 5.92 Å². The summed E-state index contributed by atoms with van der Waals surface area (Å²) in [7, 11) is 1.61. The molecule has 0 saturated carbocycles. The molecule has 1 aliphatic rings. The van der Waals surface area contributed by atoms with Crippen LogP contribution in [0.25, 0.3) is 0 Å². The Balaban J connectivity index is 1.60. The molecule has 1 saturated heterocycles. The predicted octanol–water partition coefficient (Wildman–Crippen LogP) is 3.26. The normalized spacial score (nSPS) is 15.9. The van der Waals surface area contributed by atoms with Gasteiger partial charge in [0.1, 0.15) is 0 Å². The molecule has 0 aliphatic carbocycles. The smallest absolute Gasteiger partial charge is 0.243 e. The van der Waals surface area contributed by atoms with Gasteiger partial charge in [0.05, 0.1) is 12.5 Å². The van der Waals surface area contributed by atoms with E-state index < -0.39 is 5.92 Å². The first-order valence-corrected chi connectivity index (χ1v) is 10.4. The molecule has 6 nitrogen and oxygen atoms in total. The lowest BCUT2D eigenvalue weighted by Gasteiger charge is -2.21. The van der Waals surface area contributed by atoms with Crippen LogP contribution >= 0.6 is 0 Å². The number of nitrogens with zero attached hydrogens (tertiary/aromatic N) is 2. The van der Waals surface area contributed by atoms with Crippen LogP contribution in [0.3, 0.4) is 0 Å². The summed E-state index contributed by atoms with van der Waals surface area (Å²) >= 11 is 0. The lowest BCUT2D eigenvalue weighted by molar-refractivity contribution is -0.137. The minimum absolute atomic E-state index is 0.0487. The first-order valence-electron chi connectivity index (χ1n) is 10.4. The SMILES string of the molecule is CCc1cccc(N2C[C@H](C(=O)N(C)CC(=O)Nc3ccccc3CC)CC2=O)c1. The standard InChI is InChI=1S/C24H29N3O3/c1-4-17-9-8-11-20(13-17)27-15-19(14-23(27)29)24(30)26(3)16-22(28)25-21-12-7-6-10-18(21)5-2/h6-13,19H,4-5,14-16H2,1-3H3,(H,25,28)/t19-/m1/s1. The van der Waals surface area contributed by atoms with Crippen LogP contribution in [0.15, 0.2) is 48.5 Å². The molecule has 3 rings (SSSR count). The van der Waals surface area contributed by atoms with Crippen molar-refractivity contribution in [2.75, 3.05) is 30.4 Å². The average molecular weight is 408 g/mol. The Labute approximate surface area is 177 Å². The monoisotopic (exact) mass is 407 g/mol. The highest BCUT2D eigenvalue weighted by molar-refractivity contribution is 6.01. The van der Waals surface area contributed by atoms with Crippen LogP contribution in [0.2, 0.25) is 0 Å². The molecule has 6 heteroatoms. The molecule has 1 fully saturated rings. The maximum Gasteiger partial charge on any atom is 0.243 e. The van der Waals surface area contributed by atoms with Gasteiger partial charge in [-0.05, 0) is 42.2 Å². The second kappa shape index (κ2) is 9.57. The minimum Gasteiger partial charge on any atom is -0.336 e. The van der Waals surface area contributed by atoms with Crippen molar-refractivity contribution in [2.45, 2.75) is 33.1 Å². The van der Waals surface area contributed by atoms with Crippen molar-refractivity contribution in [3.8, 4) is 0 Å². The van der Waals surface area contributed by atoms with Crippen LogP contribution < -0.4 is 10.2 Å². The second-order valence-corrected chi connectivity index (χ2v) is 7.68. The third-order valence-corrected chi connectivity index (χ3v) is 5.53. The van der Waals surface area contributed by atoms with Gasteiger partial charge in [-0.3, -0.25) is 14.4 Å². The van der Waals surface area contributed by atoms with Crippen molar-refractivity contribution < 1.29 is 14.4 Å². The Morgan fingerprint density at radius 2 is 1.87 bits per heavy atom. The molecule has 0 unspecified atom stereocenters. The highest BCUT2D eigenvalue weighted by atomic mass is 16.2. The van der Waals surface area contributed by atoms with Gasteiger partial charge in [-0.15, -0.1) is 0 Å². The second-order valence-electron chi connectivity index (χ2n) is 7.68. The van der Waals surface area contributed by atoms with E-state index in [2.05, 4.69) is 12.2 Å². The Hall–Kier alpha value is -3.15. The molecule has 30 heavy (non-hydrogen) atoms. The molecule has 1 heterocycles. The van der Waals surface area contributed by atoms with E-state index in [0.717, 1.165) is 35.3 Å². The minimum atomic E-state index is -0.441. The average Bonchev–Trinajstić information content (AvgIpc) is 3.15. The number of likely N-dealkylation sites (N-methyl/N-ethyl adjacent to an activating group) is 1. The van der Waals surface area contributed by atoms with Crippen molar-refractivity contribution in [3.63, 3.8) is 0 Å². The predicted molar refractivity (Wildman–Crippen MR) is 118 cm³/mol. The molecule has 0 spiro atoms. The van der Waals surface area contributed by atoms with E-state index in [1.807, 2.05) is 55.5 Å². The number of nitrogens with one attached hydrogen (secondary N) is 1. The fraction of sp³-hybridized carbons (Fsp3) is 0.375. The highest BCUT2D eigenvalue weighted by Crippen LogP contribution is 2.27. The Bertz CT molecular complexity index is 941. The van der Waals surface area contributed by atoms with E-state index in [0.29, 0.717) is 6.54 Å². The van der Waals surface area contributed by atoms with Gasteiger partial charge in [0.25, 0.3) is 0 Å². The molecule has 3 amide bonds. The van der Waals surface area contributed by atoms with E-state index in [-0.39, 0.29) is 30.7 Å². The van der Waals surface area contributed by atoms with E-state index in [1.54, 1.807) is 11.9 Å². The summed E-state index contributed by atoms with van der Waals surface area (Å²) in [5.74, 6) is -0.931. The molecule has 1 N–H and O–H groups in total. The number of anilines is 2. The summed E-state index contributed by atoms with van der Waals surface area (Å²) in [5, 5.41) is 2.88. The number of carbonyl (C=O) groups is 3. The van der Waals surface area contributed by atoms with Crippen LogP contribution in [0.4, 0.5) is 11.4 Å². The third-order valence-electron chi connectivity index (χ3n) is 5.53. The Kier molecular flexibility index (Phi) is 6.87. The van der Waals surface area contributed by atoms with Crippen LogP contribution in [0.1, 0.15) is 31.4 Å². The molecular weight excluding hydrogens is 378 g/mol. The van der Waals surface area contributed by atoms with Gasteiger partial charge in [0, 0.05) is 31.4 Å². The van der Waals surface area contributed by atoms with Gasteiger partial charge < -0.3 is 15.1 Å². The van der Waals surface area contributed by atoms with E-state index in [9.17, 15) is 14.4 Å². The summed E-state index contributed by atoms with van der Waals surface area (Å²) in [5.41, 5.74) is 3.79. The van der Waals surface area contributed by atoms with Crippen molar-refractivity contribution in [3.05, 3.63) is 59.7 Å². The lowest BCUT2D eigenvalue weighted by atomic mass is 10.1. The zero-order valence-electron chi connectivity index (χ0n) is 17.9. The van der Waals surface area contributed by atoms with E-state index >= 15 is 0 Å². The van der Waals surface area contributed by atoms with E-state index in [1.165, 1.54) is 4.90 Å². The zero-order chi connectivity index (χ0) is 21.7. The third kappa shape index (κ3) is 4.87. The number of carbonyl (C=O) groups excluding carboxylic acids is 3. The quantitative estimate of drug-likeness (QED) is 0.766. The highest BCUT2D eigenvalue weighted by Gasteiger charge is 2.36. The number of hydrogen-bond donors (Lipinski definition) is 1. The summed E-state index contributed by atoms with van der Waals surface area (Å²) in [6.45, 7) is 4.39. The molecule has 0 radical (unpaired) electrons. The summed E-state index contributed by atoms with van der Waals surface area (Å²) in [4.78, 5) is 40.9. The molecule has 1 aliphatic heterocycles. The van der Waals surface area contributed by atoms with Gasteiger partial charge in [0.2, 0.25) is 17.7 Å². The fourth-order valence-electron chi connectivity index (χ4n) is 3.81. The van der Waals surface area contributed by atoms with Gasteiger partial charge in [-0.25, -0.2) is 0 Å². The molecular formula is C24H29N3O3. The van der Waals surface area contributed by atoms with Gasteiger partial charge in [0.15, 0.2) is 0 Å². The number of rotatable bonds is 7. The zero-order valence-corrected chi connectivity index (χ0v) is 17.9. The maximum absolute atomic E-state index is 12.9. The van der Waals surface area contributed by atoms with Gasteiger partial charge >= 0.3 is 0 Å². The molecule has 0 bridgehead atoms. The molecule has 0 aromatic heterocycles. The summed E-state index contributed by atoms with van der Waals surface area (Å²) < 4.78 is 0. The topological polar surface area (TPSA) is 69.7 Å². The maximum atomic E-state index is 12.9. The van der Waals surface area contributed by atoms with Gasteiger partial charge in [-0.1, -0.05) is 44.2 Å². The molecule has 2 aromatic carbocycles. The lowest BCUT2D eigenvalue weighted by Crippen LogP contribution is -2.39. The fourth-order valence-corrected chi connectivity index (χ4v) is 3.81. The molecule has 2 aromatic rings. The van der Waals surface area contributed by atoms with Gasteiger partial charge in [-0.2, -0.15) is 0 Å². The number of para-hydroxylation sites is 1. The first-order chi connectivity index (χ1) is 14.4.